The van der Waals surface area contributed by atoms with E-state index in [0.717, 1.165) is 29.6 Å². The molecule has 0 spiro atoms. The Balaban J connectivity index is 1.40. The van der Waals surface area contributed by atoms with Gasteiger partial charge < -0.3 is 10.2 Å². The predicted molar refractivity (Wildman–Crippen MR) is 105 cm³/mol. The summed E-state index contributed by atoms with van der Waals surface area (Å²) in [6.07, 6.45) is 3.28. The molecular weight excluding hydrogens is 370 g/mol. The van der Waals surface area contributed by atoms with Gasteiger partial charge in [0.05, 0.1) is 41.1 Å². The summed E-state index contributed by atoms with van der Waals surface area (Å²) in [4.78, 5) is 43.8. The van der Waals surface area contributed by atoms with Gasteiger partial charge in [-0.25, -0.2) is 4.68 Å². The summed E-state index contributed by atoms with van der Waals surface area (Å²) in [7, 11) is 0. The number of pyridine rings is 1. The SMILES string of the molecule is O=C1NCc2nc(C3CCCN3C(=O)Cn3ncc4ccccc4c3=O)ccc21. The minimum atomic E-state index is -0.271. The maximum atomic E-state index is 13.0. The van der Waals surface area contributed by atoms with Crippen LogP contribution in [0.3, 0.4) is 0 Å². The molecule has 2 aliphatic heterocycles. The van der Waals surface area contributed by atoms with Crippen molar-refractivity contribution in [1.29, 1.82) is 0 Å². The number of rotatable bonds is 3. The third-order valence-electron chi connectivity index (χ3n) is 5.62. The van der Waals surface area contributed by atoms with Gasteiger partial charge in [-0.1, -0.05) is 18.2 Å². The highest BCUT2D eigenvalue weighted by Gasteiger charge is 2.32. The molecule has 8 heteroatoms. The smallest absolute Gasteiger partial charge is 0.275 e. The van der Waals surface area contributed by atoms with Gasteiger partial charge in [0.25, 0.3) is 11.5 Å². The van der Waals surface area contributed by atoms with Gasteiger partial charge >= 0.3 is 0 Å². The summed E-state index contributed by atoms with van der Waals surface area (Å²) < 4.78 is 1.22. The second kappa shape index (κ2) is 6.80. The Morgan fingerprint density at radius 2 is 2.03 bits per heavy atom. The molecule has 1 aromatic carbocycles. The minimum absolute atomic E-state index is 0.106. The van der Waals surface area contributed by atoms with Crippen LogP contribution in [0.4, 0.5) is 0 Å². The number of amides is 2. The summed E-state index contributed by atoms with van der Waals surface area (Å²) >= 11 is 0. The lowest BCUT2D eigenvalue weighted by Crippen LogP contribution is -2.37. The van der Waals surface area contributed by atoms with Crippen molar-refractivity contribution in [3.8, 4) is 0 Å². The van der Waals surface area contributed by atoms with E-state index >= 15 is 0 Å². The van der Waals surface area contributed by atoms with Gasteiger partial charge in [-0.05, 0) is 31.0 Å². The van der Waals surface area contributed by atoms with Crippen molar-refractivity contribution in [2.45, 2.75) is 32.0 Å². The van der Waals surface area contributed by atoms with Gasteiger partial charge in [0.2, 0.25) is 5.91 Å². The van der Waals surface area contributed by atoms with E-state index < -0.39 is 0 Å². The van der Waals surface area contributed by atoms with Gasteiger partial charge in [-0.2, -0.15) is 5.10 Å². The van der Waals surface area contributed by atoms with Gasteiger partial charge in [-0.15, -0.1) is 0 Å². The number of nitrogens with one attached hydrogen (secondary N) is 1. The van der Waals surface area contributed by atoms with E-state index in [1.54, 1.807) is 29.3 Å². The summed E-state index contributed by atoms with van der Waals surface area (Å²) in [5.41, 5.74) is 1.83. The standard InChI is InChI=1S/C21H19N5O3/c27-19(12-26-21(29)14-5-2-1-4-13(14)10-23-26)25-9-3-6-18(25)16-8-7-15-17(24-16)11-22-20(15)28/h1-2,4-5,7-8,10,18H,3,6,9,11-12H2,(H,22,28). The fourth-order valence-electron chi connectivity index (χ4n) is 4.14. The number of benzene rings is 1. The first kappa shape index (κ1) is 17.5. The van der Waals surface area contributed by atoms with Crippen LogP contribution in [-0.2, 0) is 17.9 Å². The molecule has 1 atom stereocenters. The first-order chi connectivity index (χ1) is 14.1. The van der Waals surface area contributed by atoms with E-state index in [0.29, 0.717) is 24.0 Å². The van der Waals surface area contributed by atoms with Crippen LogP contribution >= 0.6 is 0 Å². The van der Waals surface area contributed by atoms with Gasteiger partial charge in [0.1, 0.15) is 6.54 Å². The zero-order valence-electron chi connectivity index (χ0n) is 15.7. The third kappa shape index (κ3) is 2.97. The lowest BCUT2D eigenvalue weighted by molar-refractivity contribution is -0.133. The fraction of sp³-hybridized carbons (Fsp3) is 0.286. The molecule has 0 aliphatic carbocycles. The Labute approximate surface area is 166 Å². The Bertz CT molecular complexity index is 1200. The molecule has 8 nitrogen and oxygen atoms in total. The molecular formula is C21H19N5O3. The van der Waals surface area contributed by atoms with Gasteiger partial charge in [-0.3, -0.25) is 19.4 Å². The Hall–Kier alpha value is -3.55. The molecule has 5 rings (SSSR count). The van der Waals surface area contributed by atoms with E-state index in [2.05, 4.69) is 15.4 Å². The van der Waals surface area contributed by atoms with Gasteiger partial charge in [0.15, 0.2) is 0 Å². The highest BCUT2D eigenvalue weighted by molar-refractivity contribution is 5.97. The highest BCUT2D eigenvalue weighted by atomic mass is 16.2. The number of hydrogen-bond acceptors (Lipinski definition) is 5. The number of likely N-dealkylation sites (tertiary alicyclic amines) is 1. The van der Waals surface area contributed by atoms with Crippen molar-refractivity contribution < 1.29 is 9.59 Å². The van der Waals surface area contributed by atoms with Crippen molar-refractivity contribution >= 4 is 22.6 Å². The number of aromatic nitrogens is 3. The molecule has 2 amide bonds. The zero-order chi connectivity index (χ0) is 20.0. The summed E-state index contributed by atoms with van der Waals surface area (Å²) in [6.45, 7) is 0.923. The predicted octanol–water partition coefficient (Wildman–Crippen LogP) is 1.40. The molecule has 1 unspecified atom stereocenters. The summed E-state index contributed by atoms with van der Waals surface area (Å²) in [6, 6.07) is 10.6. The zero-order valence-corrected chi connectivity index (χ0v) is 15.7. The molecule has 0 radical (unpaired) electrons. The lowest BCUT2D eigenvalue weighted by atomic mass is 10.1. The maximum absolute atomic E-state index is 13.0. The van der Waals surface area contributed by atoms with Crippen LogP contribution < -0.4 is 10.9 Å². The molecule has 146 valence electrons. The Morgan fingerprint density at radius 3 is 2.93 bits per heavy atom. The minimum Gasteiger partial charge on any atom is -0.346 e. The van der Waals surface area contributed by atoms with Crippen LogP contribution in [-0.4, -0.2) is 38.0 Å². The number of carbonyl (C=O) groups excluding carboxylic acids is 2. The molecule has 0 bridgehead atoms. The maximum Gasteiger partial charge on any atom is 0.275 e. The summed E-state index contributed by atoms with van der Waals surface area (Å²) in [5.74, 6) is -0.269. The van der Waals surface area contributed by atoms with Crippen molar-refractivity contribution in [3.05, 3.63) is 69.9 Å². The largest absolute Gasteiger partial charge is 0.346 e. The van der Waals surface area contributed by atoms with Crippen LogP contribution in [0.25, 0.3) is 10.8 Å². The fourth-order valence-corrected chi connectivity index (χ4v) is 4.14. The van der Waals surface area contributed by atoms with E-state index in [9.17, 15) is 14.4 Å². The number of hydrogen-bond donors (Lipinski definition) is 1. The monoisotopic (exact) mass is 389 g/mol. The molecule has 0 saturated carbocycles. The first-order valence-electron chi connectivity index (χ1n) is 9.64. The first-order valence-corrected chi connectivity index (χ1v) is 9.64. The van der Waals surface area contributed by atoms with Crippen molar-refractivity contribution in [1.82, 2.24) is 25.0 Å². The number of fused-ring (bicyclic) bond motifs is 2. The molecule has 3 aromatic rings. The second-order valence-corrected chi connectivity index (χ2v) is 7.35. The van der Waals surface area contributed by atoms with E-state index in [-0.39, 0.29) is 30.0 Å². The molecule has 2 aliphatic rings. The highest BCUT2D eigenvalue weighted by Crippen LogP contribution is 2.32. The number of carbonyl (C=O) groups is 2. The number of nitrogens with zero attached hydrogens (tertiary/aromatic N) is 4. The Kier molecular flexibility index (Phi) is 4.12. The van der Waals surface area contributed by atoms with Crippen LogP contribution in [0, 0.1) is 0 Å². The molecule has 2 aromatic heterocycles. The molecule has 1 saturated heterocycles. The lowest BCUT2D eigenvalue weighted by Gasteiger charge is -2.24. The van der Waals surface area contributed by atoms with Crippen LogP contribution in [0.15, 0.2) is 47.4 Å². The molecule has 4 heterocycles. The van der Waals surface area contributed by atoms with Crippen molar-refractivity contribution in [3.63, 3.8) is 0 Å². The van der Waals surface area contributed by atoms with Crippen LogP contribution in [0.1, 0.15) is 40.6 Å². The Morgan fingerprint density at radius 1 is 1.17 bits per heavy atom. The molecule has 1 N–H and O–H groups in total. The second-order valence-electron chi connectivity index (χ2n) is 7.35. The van der Waals surface area contributed by atoms with E-state index in [4.69, 9.17) is 0 Å². The van der Waals surface area contributed by atoms with E-state index in [1.165, 1.54) is 4.68 Å². The van der Waals surface area contributed by atoms with Crippen molar-refractivity contribution in [2.24, 2.45) is 0 Å². The van der Waals surface area contributed by atoms with Crippen LogP contribution in [0.5, 0.6) is 0 Å². The van der Waals surface area contributed by atoms with Crippen LogP contribution in [0.2, 0.25) is 0 Å². The van der Waals surface area contributed by atoms with Gasteiger partial charge in [0, 0.05) is 11.9 Å². The van der Waals surface area contributed by atoms with Crippen molar-refractivity contribution in [2.75, 3.05) is 6.54 Å². The third-order valence-corrected chi connectivity index (χ3v) is 5.62. The average Bonchev–Trinajstić information content (AvgIpc) is 3.37. The summed E-state index contributed by atoms with van der Waals surface area (Å²) in [5, 5.41) is 8.23. The molecule has 1 fully saturated rings. The quantitative estimate of drug-likeness (QED) is 0.730. The normalized spacial score (nSPS) is 18.1. The topological polar surface area (TPSA) is 97.2 Å². The molecule has 29 heavy (non-hydrogen) atoms. The van der Waals surface area contributed by atoms with E-state index in [1.807, 2.05) is 18.2 Å². The average molecular weight is 389 g/mol.